The van der Waals surface area contributed by atoms with Crippen molar-refractivity contribution in [3.05, 3.63) is 35.6 Å². The number of nitrogens with zero attached hydrogens (tertiary/aromatic N) is 3. The highest BCUT2D eigenvalue weighted by Crippen LogP contribution is 2.47. The van der Waals surface area contributed by atoms with Crippen molar-refractivity contribution < 1.29 is 13.9 Å². The summed E-state index contributed by atoms with van der Waals surface area (Å²) in [5.74, 6) is 1.22. The quantitative estimate of drug-likeness (QED) is 0.774. The standard InChI is InChI=1S/C22H30FN3O2/c23-19-3-1-2-17(12-19)21-20-15-25(7-6-24-8-10-28-11-9-24)13-18(20)14-26(21)22(27)16-4-5-16/h1-3,12,16,18,20-21H,4-11,13-15H2/t18-,20-,21-/m0/s1. The van der Waals surface area contributed by atoms with Gasteiger partial charge in [-0.15, -0.1) is 0 Å². The lowest BCUT2D eigenvalue weighted by molar-refractivity contribution is -0.134. The van der Waals surface area contributed by atoms with Crippen molar-refractivity contribution in [2.45, 2.75) is 18.9 Å². The molecule has 3 aliphatic heterocycles. The van der Waals surface area contributed by atoms with Crippen LogP contribution < -0.4 is 0 Å². The number of fused-ring (bicyclic) bond motifs is 1. The van der Waals surface area contributed by atoms with Gasteiger partial charge < -0.3 is 14.5 Å². The predicted octanol–water partition coefficient (Wildman–Crippen LogP) is 2.00. The summed E-state index contributed by atoms with van der Waals surface area (Å²) in [7, 11) is 0. The molecule has 1 aliphatic carbocycles. The van der Waals surface area contributed by atoms with Gasteiger partial charge in [-0.3, -0.25) is 9.69 Å². The molecule has 4 fully saturated rings. The van der Waals surface area contributed by atoms with E-state index in [2.05, 4.69) is 14.7 Å². The smallest absolute Gasteiger partial charge is 0.226 e. The molecule has 4 aliphatic rings. The number of amides is 1. The number of benzene rings is 1. The largest absolute Gasteiger partial charge is 0.379 e. The fraction of sp³-hybridized carbons (Fsp3) is 0.682. The van der Waals surface area contributed by atoms with Crippen molar-refractivity contribution in [2.24, 2.45) is 17.8 Å². The zero-order valence-electron chi connectivity index (χ0n) is 16.4. The van der Waals surface area contributed by atoms with Crippen LogP contribution in [0.5, 0.6) is 0 Å². The van der Waals surface area contributed by atoms with Gasteiger partial charge in [0.1, 0.15) is 5.82 Å². The topological polar surface area (TPSA) is 36.0 Å². The van der Waals surface area contributed by atoms with Gasteiger partial charge in [0.2, 0.25) is 5.91 Å². The number of carbonyl (C=O) groups excluding carboxylic acids is 1. The van der Waals surface area contributed by atoms with Gasteiger partial charge in [-0.2, -0.15) is 0 Å². The van der Waals surface area contributed by atoms with Crippen LogP contribution in [-0.2, 0) is 9.53 Å². The van der Waals surface area contributed by atoms with Gasteiger partial charge in [-0.25, -0.2) is 4.39 Å². The summed E-state index contributed by atoms with van der Waals surface area (Å²) < 4.78 is 19.4. The maximum atomic E-state index is 13.9. The van der Waals surface area contributed by atoms with Crippen LogP contribution in [-0.4, -0.2) is 79.6 Å². The van der Waals surface area contributed by atoms with Gasteiger partial charge >= 0.3 is 0 Å². The second kappa shape index (κ2) is 7.73. The van der Waals surface area contributed by atoms with Crippen LogP contribution in [0.25, 0.3) is 0 Å². The molecule has 0 aromatic heterocycles. The highest BCUT2D eigenvalue weighted by molar-refractivity contribution is 5.82. The molecule has 1 saturated carbocycles. The molecule has 0 unspecified atom stereocenters. The molecular weight excluding hydrogens is 357 g/mol. The molecule has 5 nitrogen and oxygen atoms in total. The molecular formula is C22H30FN3O2. The second-order valence-corrected chi connectivity index (χ2v) is 8.90. The number of likely N-dealkylation sites (tertiary alicyclic amines) is 2. The molecule has 1 amide bonds. The summed E-state index contributed by atoms with van der Waals surface area (Å²) in [6, 6.07) is 6.94. The number of rotatable bonds is 5. The van der Waals surface area contributed by atoms with Crippen LogP contribution in [0.1, 0.15) is 24.4 Å². The Morgan fingerprint density at radius 1 is 1.07 bits per heavy atom. The van der Waals surface area contributed by atoms with Gasteiger partial charge in [0.25, 0.3) is 0 Å². The van der Waals surface area contributed by atoms with E-state index in [9.17, 15) is 9.18 Å². The molecule has 3 heterocycles. The Hall–Kier alpha value is -1.50. The minimum atomic E-state index is -0.207. The number of hydrogen-bond acceptors (Lipinski definition) is 4. The van der Waals surface area contributed by atoms with Crippen LogP contribution >= 0.6 is 0 Å². The second-order valence-electron chi connectivity index (χ2n) is 8.90. The molecule has 1 aromatic rings. The van der Waals surface area contributed by atoms with E-state index in [1.54, 1.807) is 12.1 Å². The predicted molar refractivity (Wildman–Crippen MR) is 104 cm³/mol. The zero-order chi connectivity index (χ0) is 19.1. The first-order valence-electron chi connectivity index (χ1n) is 10.8. The molecule has 0 N–H and O–H groups in total. The van der Waals surface area contributed by atoms with Crippen molar-refractivity contribution in [2.75, 3.05) is 59.0 Å². The molecule has 0 bridgehead atoms. The third kappa shape index (κ3) is 3.70. The van der Waals surface area contributed by atoms with Crippen molar-refractivity contribution >= 4 is 5.91 Å². The van der Waals surface area contributed by atoms with E-state index in [1.165, 1.54) is 6.07 Å². The zero-order valence-corrected chi connectivity index (χ0v) is 16.4. The van der Waals surface area contributed by atoms with Gasteiger partial charge in [0.15, 0.2) is 0 Å². The third-order valence-corrected chi connectivity index (χ3v) is 6.98. The lowest BCUT2D eigenvalue weighted by Gasteiger charge is -2.31. The number of morpholine rings is 1. The van der Waals surface area contributed by atoms with E-state index >= 15 is 0 Å². The highest BCUT2D eigenvalue weighted by Gasteiger charge is 2.51. The fourth-order valence-electron chi connectivity index (χ4n) is 5.34. The Labute approximate surface area is 166 Å². The summed E-state index contributed by atoms with van der Waals surface area (Å²) in [6.45, 7) is 8.76. The Bertz CT molecular complexity index is 719. The lowest BCUT2D eigenvalue weighted by Crippen LogP contribution is -2.42. The molecule has 1 aromatic carbocycles. The van der Waals surface area contributed by atoms with Crippen molar-refractivity contribution in [1.82, 2.24) is 14.7 Å². The molecule has 5 rings (SSSR count). The molecule has 6 heteroatoms. The number of ether oxygens (including phenoxy) is 1. The molecule has 0 spiro atoms. The van der Waals surface area contributed by atoms with Gasteiger partial charge in [0.05, 0.1) is 19.3 Å². The summed E-state index contributed by atoms with van der Waals surface area (Å²) in [6.07, 6.45) is 2.04. The molecule has 3 saturated heterocycles. The van der Waals surface area contributed by atoms with Crippen molar-refractivity contribution in [3.8, 4) is 0 Å². The van der Waals surface area contributed by atoms with E-state index in [0.717, 1.165) is 77.4 Å². The van der Waals surface area contributed by atoms with Crippen LogP contribution in [0.3, 0.4) is 0 Å². The van der Waals surface area contributed by atoms with Crippen LogP contribution in [0, 0.1) is 23.6 Å². The molecule has 3 atom stereocenters. The number of hydrogen-bond donors (Lipinski definition) is 0. The Kier molecular flexibility index (Phi) is 5.11. The summed E-state index contributed by atoms with van der Waals surface area (Å²) in [5, 5.41) is 0. The minimum Gasteiger partial charge on any atom is -0.379 e. The molecule has 0 radical (unpaired) electrons. The number of halogens is 1. The lowest BCUT2D eigenvalue weighted by atomic mass is 9.89. The normalized spacial score (nSPS) is 31.3. The Balaban J connectivity index is 1.29. The van der Waals surface area contributed by atoms with Gasteiger partial charge in [0, 0.05) is 57.6 Å². The van der Waals surface area contributed by atoms with Crippen LogP contribution in [0.15, 0.2) is 24.3 Å². The fourth-order valence-corrected chi connectivity index (χ4v) is 5.34. The first-order chi connectivity index (χ1) is 13.7. The highest BCUT2D eigenvalue weighted by atomic mass is 19.1. The monoisotopic (exact) mass is 387 g/mol. The summed E-state index contributed by atoms with van der Waals surface area (Å²) in [5.41, 5.74) is 0.969. The Morgan fingerprint density at radius 2 is 1.86 bits per heavy atom. The number of carbonyl (C=O) groups is 1. The van der Waals surface area contributed by atoms with E-state index < -0.39 is 0 Å². The first-order valence-corrected chi connectivity index (χ1v) is 10.8. The summed E-state index contributed by atoms with van der Waals surface area (Å²) >= 11 is 0. The van der Waals surface area contributed by atoms with E-state index in [1.807, 2.05) is 6.07 Å². The first kappa shape index (κ1) is 18.5. The van der Waals surface area contributed by atoms with E-state index in [4.69, 9.17) is 4.74 Å². The molecule has 28 heavy (non-hydrogen) atoms. The van der Waals surface area contributed by atoms with Gasteiger partial charge in [-0.1, -0.05) is 12.1 Å². The van der Waals surface area contributed by atoms with Crippen molar-refractivity contribution in [1.29, 1.82) is 0 Å². The SMILES string of the molecule is O=C(C1CC1)N1C[C@@H]2CN(CCN3CCOCC3)C[C@@H]2[C@@H]1c1cccc(F)c1. The van der Waals surface area contributed by atoms with Gasteiger partial charge in [-0.05, 0) is 36.5 Å². The average molecular weight is 387 g/mol. The molecule has 152 valence electrons. The summed E-state index contributed by atoms with van der Waals surface area (Å²) in [4.78, 5) is 20.0. The van der Waals surface area contributed by atoms with Crippen LogP contribution in [0.2, 0.25) is 0 Å². The van der Waals surface area contributed by atoms with E-state index in [-0.39, 0.29) is 17.8 Å². The minimum absolute atomic E-state index is 0.0298. The average Bonchev–Trinajstić information content (AvgIpc) is 3.39. The maximum Gasteiger partial charge on any atom is 0.226 e. The van der Waals surface area contributed by atoms with E-state index in [0.29, 0.717) is 17.7 Å². The van der Waals surface area contributed by atoms with Crippen LogP contribution in [0.4, 0.5) is 4.39 Å². The maximum absolute atomic E-state index is 13.9. The third-order valence-electron chi connectivity index (χ3n) is 6.98. The Morgan fingerprint density at radius 3 is 2.61 bits per heavy atom. The van der Waals surface area contributed by atoms with Crippen molar-refractivity contribution in [3.63, 3.8) is 0 Å².